The molecule has 3 heterocycles. The SMILES string of the molecule is Cc1nnn2c1-c1ccc(CCN3CCOCC3)cc1N(c1ccc(Cl)cc1)CC2. The van der Waals surface area contributed by atoms with E-state index in [0.717, 1.165) is 74.5 Å². The van der Waals surface area contributed by atoms with Gasteiger partial charge in [0.05, 0.1) is 36.8 Å². The van der Waals surface area contributed by atoms with Gasteiger partial charge in [0.1, 0.15) is 0 Å². The first kappa shape index (κ1) is 19.5. The Hall–Kier alpha value is -2.41. The first-order valence-corrected chi connectivity index (χ1v) is 10.9. The number of halogens is 1. The zero-order valence-corrected chi connectivity index (χ0v) is 18.0. The van der Waals surface area contributed by atoms with Crippen LogP contribution >= 0.6 is 11.6 Å². The Morgan fingerprint density at radius 3 is 2.60 bits per heavy atom. The smallest absolute Gasteiger partial charge is 0.0936 e. The molecule has 3 aromatic rings. The quantitative estimate of drug-likeness (QED) is 0.636. The summed E-state index contributed by atoms with van der Waals surface area (Å²) in [5, 5.41) is 9.46. The van der Waals surface area contributed by atoms with E-state index in [1.807, 2.05) is 23.7 Å². The topological polar surface area (TPSA) is 46.4 Å². The van der Waals surface area contributed by atoms with Gasteiger partial charge < -0.3 is 9.64 Å². The lowest BCUT2D eigenvalue weighted by atomic mass is 10.0. The molecular weight excluding hydrogens is 398 g/mol. The fraction of sp³-hybridized carbons (Fsp3) is 0.391. The predicted octanol–water partition coefficient (Wildman–Crippen LogP) is 3.93. The molecule has 0 aliphatic carbocycles. The highest BCUT2D eigenvalue weighted by Crippen LogP contribution is 2.39. The Morgan fingerprint density at radius 1 is 1.00 bits per heavy atom. The van der Waals surface area contributed by atoms with E-state index in [1.54, 1.807) is 0 Å². The summed E-state index contributed by atoms with van der Waals surface area (Å²) in [6, 6.07) is 14.9. The number of aromatic nitrogens is 3. The van der Waals surface area contributed by atoms with Gasteiger partial charge in [0, 0.05) is 42.5 Å². The molecule has 1 fully saturated rings. The lowest BCUT2D eigenvalue weighted by Crippen LogP contribution is -2.37. The molecule has 0 saturated carbocycles. The summed E-state index contributed by atoms with van der Waals surface area (Å²) in [5.74, 6) is 0. The molecule has 7 heteroatoms. The Morgan fingerprint density at radius 2 is 1.80 bits per heavy atom. The Kier molecular flexibility index (Phi) is 5.46. The van der Waals surface area contributed by atoms with Crippen LogP contribution in [0.5, 0.6) is 0 Å². The van der Waals surface area contributed by atoms with Crippen molar-refractivity contribution >= 4 is 23.0 Å². The first-order chi connectivity index (χ1) is 14.7. The molecular formula is C23H26ClN5O. The summed E-state index contributed by atoms with van der Waals surface area (Å²) in [6.07, 6.45) is 1.03. The van der Waals surface area contributed by atoms with Crippen LogP contribution in [0, 0.1) is 6.92 Å². The lowest BCUT2D eigenvalue weighted by molar-refractivity contribution is 0.0384. The fourth-order valence-corrected chi connectivity index (χ4v) is 4.49. The van der Waals surface area contributed by atoms with Crippen molar-refractivity contribution in [1.82, 2.24) is 19.9 Å². The van der Waals surface area contributed by atoms with E-state index in [4.69, 9.17) is 16.3 Å². The number of nitrogens with zero attached hydrogens (tertiary/aromatic N) is 5. The normalized spacial score (nSPS) is 16.8. The minimum absolute atomic E-state index is 0.751. The fourth-order valence-electron chi connectivity index (χ4n) is 4.36. The molecule has 0 atom stereocenters. The molecule has 1 saturated heterocycles. The molecule has 0 N–H and O–H groups in total. The summed E-state index contributed by atoms with van der Waals surface area (Å²) >= 11 is 6.15. The largest absolute Gasteiger partial charge is 0.379 e. The predicted molar refractivity (Wildman–Crippen MR) is 120 cm³/mol. The van der Waals surface area contributed by atoms with Gasteiger partial charge in [-0.15, -0.1) is 5.10 Å². The van der Waals surface area contributed by atoms with Crippen molar-refractivity contribution in [3.63, 3.8) is 0 Å². The molecule has 0 unspecified atom stereocenters. The second kappa shape index (κ2) is 8.38. The van der Waals surface area contributed by atoms with Crippen LogP contribution in [0.4, 0.5) is 11.4 Å². The molecule has 5 rings (SSSR count). The summed E-state index contributed by atoms with van der Waals surface area (Å²) in [7, 11) is 0. The highest BCUT2D eigenvalue weighted by molar-refractivity contribution is 6.30. The van der Waals surface area contributed by atoms with Crippen LogP contribution in [0.2, 0.25) is 5.02 Å². The summed E-state index contributed by atoms with van der Waals surface area (Å²) in [6.45, 7) is 8.43. The maximum Gasteiger partial charge on any atom is 0.0936 e. The summed E-state index contributed by atoms with van der Waals surface area (Å²) in [4.78, 5) is 4.85. The van der Waals surface area contributed by atoms with Gasteiger partial charge in [-0.1, -0.05) is 28.9 Å². The minimum Gasteiger partial charge on any atom is -0.379 e. The van der Waals surface area contributed by atoms with Crippen LogP contribution in [0.15, 0.2) is 42.5 Å². The van der Waals surface area contributed by atoms with E-state index < -0.39 is 0 Å². The molecule has 0 bridgehead atoms. The van der Waals surface area contributed by atoms with Gasteiger partial charge in [0.25, 0.3) is 0 Å². The Bertz CT molecular complexity index is 1030. The molecule has 6 nitrogen and oxygen atoms in total. The van der Waals surface area contributed by atoms with E-state index in [0.29, 0.717) is 0 Å². The molecule has 0 spiro atoms. The number of hydrogen-bond acceptors (Lipinski definition) is 5. The van der Waals surface area contributed by atoms with Crippen LogP contribution in [0.1, 0.15) is 11.3 Å². The molecule has 156 valence electrons. The van der Waals surface area contributed by atoms with Crippen LogP contribution in [0.25, 0.3) is 11.3 Å². The van der Waals surface area contributed by atoms with Gasteiger partial charge in [-0.25, -0.2) is 4.68 Å². The van der Waals surface area contributed by atoms with Crippen LogP contribution < -0.4 is 4.90 Å². The number of anilines is 2. The van der Waals surface area contributed by atoms with E-state index in [1.165, 1.54) is 16.8 Å². The number of ether oxygens (including phenoxy) is 1. The zero-order chi connectivity index (χ0) is 20.5. The van der Waals surface area contributed by atoms with Crippen molar-refractivity contribution in [2.24, 2.45) is 0 Å². The van der Waals surface area contributed by atoms with E-state index in [-0.39, 0.29) is 0 Å². The zero-order valence-electron chi connectivity index (χ0n) is 17.2. The van der Waals surface area contributed by atoms with Gasteiger partial charge in [0.2, 0.25) is 0 Å². The molecule has 0 amide bonds. The molecule has 2 aliphatic rings. The molecule has 1 aromatic heterocycles. The second-order valence-corrected chi connectivity index (χ2v) is 8.37. The number of benzene rings is 2. The third-order valence-corrected chi connectivity index (χ3v) is 6.26. The van der Waals surface area contributed by atoms with Gasteiger partial charge in [-0.2, -0.15) is 0 Å². The van der Waals surface area contributed by atoms with Crippen molar-refractivity contribution in [1.29, 1.82) is 0 Å². The van der Waals surface area contributed by atoms with Crippen molar-refractivity contribution in [2.45, 2.75) is 19.9 Å². The third-order valence-electron chi connectivity index (χ3n) is 6.01. The average Bonchev–Trinajstić information content (AvgIpc) is 3.06. The summed E-state index contributed by atoms with van der Waals surface area (Å²) in [5.41, 5.74) is 6.96. The van der Waals surface area contributed by atoms with Gasteiger partial charge in [0.15, 0.2) is 0 Å². The maximum absolute atomic E-state index is 6.15. The number of morpholine rings is 1. The van der Waals surface area contributed by atoms with Crippen LogP contribution in [-0.2, 0) is 17.7 Å². The van der Waals surface area contributed by atoms with Crippen LogP contribution in [-0.4, -0.2) is 59.3 Å². The Labute approximate surface area is 182 Å². The highest BCUT2D eigenvalue weighted by atomic mass is 35.5. The van der Waals surface area contributed by atoms with E-state index in [2.05, 4.69) is 50.4 Å². The third kappa shape index (κ3) is 3.83. The number of rotatable bonds is 4. The van der Waals surface area contributed by atoms with Crippen molar-refractivity contribution in [3.05, 3.63) is 58.7 Å². The minimum atomic E-state index is 0.751. The highest BCUT2D eigenvalue weighted by Gasteiger charge is 2.24. The van der Waals surface area contributed by atoms with Gasteiger partial charge in [-0.05, 0) is 49.2 Å². The first-order valence-electron chi connectivity index (χ1n) is 10.6. The van der Waals surface area contributed by atoms with Crippen molar-refractivity contribution in [2.75, 3.05) is 44.3 Å². The molecule has 0 radical (unpaired) electrons. The van der Waals surface area contributed by atoms with Gasteiger partial charge in [-0.3, -0.25) is 4.90 Å². The van der Waals surface area contributed by atoms with E-state index in [9.17, 15) is 0 Å². The molecule has 30 heavy (non-hydrogen) atoms. The molecule has 2 aliphatic heterocycles. The average molecular weight is 424 g/mol. The number of hydrogen-bond donors (Lipinski definition) is 0. The van der Waals surface area contributed by atoms with Crippen molar-refractivity contribution in [3.8, 4) is 11.3 Å². The monoisotopic (exact) mass is 423 g/mol. The number of fused-ring (bicyclic) bond motifs is 3. The second-order valence-electron chi connectivity index (χ2n) is 7.93. The molecule has 2 aromatic carbocycles. The van der Waals surface area contributed by atoms with Gasteiger partial charge >= 0.3 is 0 Å². The lowest BCUT2D eigenvalue weighted by Gasteiger charge is -2.27. The number of aryl methyl sites for hydroxylation is 1. The maximum atomic E-state index is 6.15. The summed E-state index contributed by atoms with van der Waals surface area (Å²) < 4.78 is 7.50. The van der Waals surface area contributed by atoms with Crippen molar-refractivity contribution < 1.29 is 4.74 Å². The Balaban J connectivity index is 1.51. The van der Waals surface area contributed by atoms with Crippen LogP contribution in [0.3, 0.4) is 0 Å². The standard InChI is InChI=1S/C23H26ClN5O/c1-17-23-21-7-2-18(8-9-27-12-14-30-15-13-27)16-22(21)28(10-11-29(23)26-25-17)20-5-3-19(24)4-6-20/h2-7,16H,8-15H2,1H3. The van der Waals surface area contributed by atoms with E-state index >= 15 is 0 Å².